The Labute approximate surface area is 150 Å². The number of rotatable bonds is 4. The average molecular weight is 363 g/mol. The minimum Gasteiger partial charge on any atom is -0.447 e. The zero-order valence-electron chi connectivity index (χ0n) is 13.2. The van der Waals surface area contributed by atoms with Crippen molar-refractivity contribution in [1.29, 1.82) is 0 Å². The highest BCUT2D eigenvalue weighted by Crippen LogP contribution is 2.32. The molecule has 0 aliphatic carbocycles. The van der Waals surface area contributed by atoms with Gasteiger partial charge >= 0.3 is 0 Å². The van der Waals surface area contributed by atoms with E-state index in [-0.39, 0.29) is 11.9 Å². The van der Waals surface area contributed by atoms with E-state index < -0.39 is 0 Å². The van der Waals surface area contributed by atoms with E-state index in [0.717, 1.165) is 23.9 Å². The number of nitrogens with zero attached hydrogens (tertiary/aromatic N) is 1. The predicted molar refractivity (Wildman–Crippen MR) is 96.3 cm³/mol. The molecule has 2 saturated heterocycles. The Morgan fingerprint density at radius 2 is 2.04 bits per heavy atom. The molecule has 2 aliphatic heterocycles. The highest BCUT2D eigenvalue weighted by Gasteiger charge is 2.32. The molecule has 2 bridgehead atoms. The van der Waals surface area contributed by atoms with Gasteiger partial charge in [-0.15, -0.1) is 0 Å². The lowest BCUT2D eigenvalue weighted by molar-refractivity contribution is 0.0909. The molecule has 3 atom stereocenters. The summed E-state index contributed by atoms with van der Waals surface area (Å²) in [7, 11) is 0. The summed E-state index contributed by atoms with van der Waals surface area (Å²) in [5, 5.41) is 3.91. The number of nitrogens with one attached hydrogen (secondary N) is 1. The molecule has 6 heteroatoms. The summed E-state index contributed by atoms with van der Waals surface area (Å²) in [5.74, 6) is 1.44. The summed E-state index contributed by atoms with van der Waals surface area (Å²) in [6.07, 6.45) is 2.37. The van der Waals surface area contributed by atoms with Crippen molar-refractivity contribution in [3.05, 3.63) is 46.3 Å². The first-order valence-corrected chi connectivity index (χ1v) is 9.41. The number of carbonyl (C=O) groups excluding carboxylic acids is 1. The Kier molecular flexibility index (Phi) is 4.48. The normalized spacial score (nSPS) is 25.5. The molecule has 2 fully saturated rings. The second-order valence-corrected chi connectivity index (χ2v) is 8.18. The average Bonchev–Trinajstić information content (AvgIpc) is 3.13. The number of thiophene rings is 1. The lowest BCUT2D eigenvalue weighted by Gasteiger charge is -2.30. The van der Waals surface area contributed by atoms with E-state index >= 15 is 0 Å². The molecule has 0 spiro atoms. The van der Waals surface area contributed by atoms with Gasteiger partial charge in [0.2, 0.25) is 0 Å². The number of amides is 1. The molecule has 4 rings (SSSR count). The Balaban J connectivity index is 1.36. The van der Waals surface area contributed by atoms with E-state index in [4.69, 9.17) is 16.3 Å². The maximum Gasteiger partial charge on any atom is 0.251 e. The third kappa shape index (κ3) is 3.58. The first-order valence-electron chi connectivity index (χ1n) is 8.22. The summed E-state index contributed by atoms with van der Waals surface area (Å²) in [6, 6.07) is 11.1. The summed E-state index contributed by atoms with van der Waals surface area (Å²) in [6.45, 7) is 3.35. The maximum absolute atomic E-state index is 12.4. The summed E-state index contributed by atoms with van der Waals surface area (Å²) in [5.41, 5.74) is 0.666. The van der Waals surface area contributed by atoms with Gasteiger partial charge in [-0.2, -0.15) is 0 Å². The molecule has 0 saturated carbocycles. The van der Waals surface area contributed by atoms with Crippen LogP contribution in [0.3, 0.4) is 0 Å². The van der Waals surface area contributed by atoms with E-state index in [1.165, 1.54) is 30.8 Å². The zero-order chi connectivity index (χ0) is 16.5. The van der Waals surface area contributed by atoms with Crippen LogP contribution in [0.5, 0.6) is 10.8 Å². The van der Waals surface area contributed by atoms with Gasteiger partial charge in [0.05, 0.1) is 4.34 Å². The minimum absolute atomic E-state index is 0.00628. The minimum atomic E-state index is -0.00628. The van der Waals surface area contributed by atoms with Crippen molar-refractivity contribution in [2.24, 2.45) is 5.92 Å². The number of benzene rings is 1. The van der Waals surface area contributed by atoms with Crippen LogP contribution in [0.15, 0.2) is 36.4 Å². The molecule has 1 amide bonds. The topological polar surface area (TPSA) is 41.6 Å². The van der Waals surface area contributed by atoms with Gasteiger partial charge < -0.3 is 15.0 Å². The van der Waals surface area contributed by atoms with E-state index in [1.807, 2.05) is 18.2 Å². The van der Waals surface area contributed by atoms with Crippen LogP contribution in [-0.4, -0.2) is 36.5 Å². The number of ether oxygens (including phenoxy) is 1. The van der Waals surface area contributed by atoms with Gasteiger partial charge in [0, 0.05) is 24.7 Å². The third-order valence-electron chi connectivity index (χ3n) is 4.69. The van der Waals surface area contributed by atoms with Gasteiger partial charge in [-0.05, 0) is 61.7 Å². The highest BCUT2D eigenvalue weighted by molar-refractivity contribution is 7.17. The number of carbonyl (C=O) groups is 1. The van der Waals surface area contributed by atoms with Crippen LogP contribution in [0.4, 0.5) is 0 Å². The second kappa shape index (κ2) is 6.75. The first kappa shape index (κ1) is 15.9. The Morgan fingerprint density at radius 3 is 2.75 bits per heavy atom. The highest BCUT2D eigenvalue weighted by atomic mass is 35.5. The lowest BCUT2D eigenvalue weighted by atomic mass is 9.96. The SMILES string of the molecule is O=C(NC1CC2CCN(C2)C1)c1ccc(Oc2ccc(Cl)s2)cc1. The number of fused-ring (bicyclic) bond motifs is 2. The van der Waals surface area contributed by atoms with Crippen molar-refractivity contribution >= 4 is 28.8 Å². The lowest BCUT2D eigenvalue weighted by Crippen LogP contribution is -2.46. The number of hydrogen-bond donors (Lipinski definition) is 1. The standard InChI is InChI=1S/C18H19ClN2O2S/c19-16-5-6-17(24-16)23-15-3-1-13(2-4-15)18(22)20-14-9-12-7-8-21(10-12)11-14/h1-6,12,14H,7-11H2,(H,20,22). The maximum atomic E-state index is 12.4. The summed E-state index contributed by atoms with van der Waals surface area (Å²) < 4.78 is 6.41. The van der Waals surface area contributed by atoms with Gasteiger partial charge in [-0.1, -0.05) is 22.9 Å². The molecular weight excluding hydrogens is 344 g/mol. The van der Waals surface area contributed by atoms with Crippen molar-refractivity contribution in [2.45, 2.75) is 18.9 Å². The Morgan fingerprint density at radius 1 is 1.21 bits per heavy atom. The van der Waals surface area contributed by atoms with E-state index in [0.29, 0.717) is 15.6 Å². The predicted octanol–water partition coefficient (Wildman–Crippen LogP) is 4.02. The molecule has 24 heavy (non-hydrogen) atoms. The van der Waals surface area contributed by atoms with Crippen molar-refractivity contribution in [3.8, 4) is 10.8 Å². The second-order valence-electron chi connectivity index (χ2n) is 6.51. The number of hydrogen-bond acceptors (Lipinski definition) is 4. The van der Waals surface area contributed by atoms with Crippen molar-refractivity contribution < 1.29 is 9.53 Å². The Hall–Kier alpha value is -1.56. The van der Waals surface area contributed by atoms with Crippen LogP contribution in [-0.2, 0) is 0 Å². The first-order chi connectivity index (χ1) is 11.7. The molecule has 3 unspecified atom stereocenters. The molecule has 3 heterocycles. The molecular formula is C18H19ClN2O2S. The van der Waals surface area contributed by atoms with Gasteiger partial charge in [0.15, 0.2) is 5.06 Å². The monoisotopic (exact) mass is 362 g/mol. The van der Waals surface area contributed by atoms with Crippen LogP contribution in [0.1, 0.15) is 23.2 Å². The van der Waals surface area contributed by atoms with Crippen molar-refractivity contribution in [1.82, 2.24) is 10.2 Å². The molecule has 4 nitrogen and oxygen atoms in total. The largest absolute Gasteiger partial charge is 0.447 e. The van der Waals surface area contributed by atoms with Gasteiger partial charge in [0.1, 0.15) is 5.75 Å². The van der Waals surface area contributed by atoms with Crippen molar-refractivity contribution in [2.75, 3.05) is 19.6 Å². The molecule has 126 valence electrons. The number of halogens is 1. The smallest absolute Gasteiger partial charge is 0.251 e. The van der Waals surface area contributed by atoms with Gasteiger partial charge in [-0.25, -0.2) is 0 Å². The van der Waals surface area contributed by atoms with Crippen LogP contribution in [0.2, 0.25) is 4.34 Å². The van der Waals surface area contributed by atoms with Gasteiger partial charge in [0.25, 0.3) is 5.91 Å². The molecule has 2 aliphatic rings. The molecule has 1 aromatic heterocycles. The Bertz CT molecular complexity index is 719. The van der Waals surface area contributed by atoms with E-state index in [1.54, 1.807) is 18.2 Å². The van der Waals surface area contributed by atoms with Crippen LogP contribution < -0.4 is 10.1 Å². The van der Waals surface area contributed by atoms with E-state index in [2.05, 4.69) is 10.2 Å². The van der Waals surface area contributed by atoms with Crippen LogP contribution in [0.25, 0.3) is 0 Å². The number of piperidine rings is 1. The third-order valence-corrected chi connectivity index (χ3v) is 5.79. The molecule has 1 aromatic carbocycles. The van der Waals surface area contributed by atoms with Crippen molar-refractivity contribution in [3.63, 3.8) is 0 Å². The summed E-state index contributed by atoms with van der Waals surface area (Å²) >= 11 is 7.28. The fraction of sp³-hybridized carbons (Fsp3) is 0.389. The zero-order valence-corrected chi connectivity index (χ0v) is 14.8. The molecule has 2 aromatic rings. The molecule has 0 radical (unpaired) electrons. The fourth-order valence-electron chi connectivity index (χ4n) is 3.58. The quantitative estimate of drug-likeness (QED) is 0.893. The fourth-order valence-corrected chi connectivity index (χ4v) is 4.47. The van der Waals surface area contributed by atoms with Crippen LogP contribution >= 0.6 is 22.9 Å². The van der Waals surface area contributed by atoms with Gasteiger partial charge in [-0.3, -0.25) is 4.79 Å². The van der Waals surface area contributed by atoms with Crippen LogP contribution in [0, 0.1) is 5.92 Å². The molecule has 1 N–H and O–H groups in total. The summed E-state index contributed by atoms with van der Waals surface area (Å²) in [4.78, 5) is 14.9. The van der Waals surface area contributed by atoms with E-state index in [9.17, 15) is 4.79 Å².